The van der Waals surface area contributed by atoms with Crippen molar-refractivity contribution in [3.8, 4) is 0 Å². The van der Waals surface area contributed by atoms with Gasteiger partial charge < -0.3 is 9.13 Å². The molecule has 0 unspecified atom stereocenters. The van der Waals surface area contributed by atoms with Crippen LogP contribution in [0.15, 0.2) is 37.4 Å². The summed E-state index contributed by atoms with van der Waals surface area (Å²) in [5.74, 6) is 0. The van der Waals surface area contributed by atoms with Gasteiger partial charge in [0.15, 0.2) is 0 Å². The van der Waals surface area contributed by atoms with Gasteiger partial charge in [0.2, 0.25) is 0 Å². The number of aryl methyl sites for hydroxylation is 2. The van der Waals surface area contributed by atoms with Crippen LogP contribution in [-0.4, -0.2) is 19.1 Å². The van der Waals surface area contributed by atoms with Gasteiger partial charge in [0.05, 0.1) is 12.7 Å². The van der Waals surface area contributed by atoms with E-state index < -0.39 is 0 Å². The molecule has 2 heterocycles. The summed E-state index contributed by atoms with van der Waals surface area (Å²) in [6, 6.07) is 0. The van der Waals surface area contributed by atoms with Gasteiger partial charge in [0.25, 0.3) is 0 Å². The van der Waals surface area contributed by atoms with Crippen LogP contribution >= 0.6 is 0 Å². The summed E-state index contributed by atoms with van der Waals surface area (Å²) in [6.45, 7) is 0. The third-order valence-corrected chi connectivity index (χ3v) is 1.63. The Bertz CT molecular complexity index is 286. The monoisotopic (exact) mass is 206 g/mol. The van der Waals surface area contributed by atoms with Crippen LogP contribution in [0.2, 0.25) is 0 Å². The first-order chi connectivity index (χ1) is 7.29. The van der Waals surface area contributed by atoms with Gasteiger partial charge in [-0.25, -0.2) is 9.97 Å². The van der Waals surface area contributed by atoms with Gasteiger partial charge in [-0.3, -0.25) is 0 Å². The molecule has 0 aliphatic heterocycles. The molecule has 3 rings (SSSR count). The van der Waals surface area contributed by atoms with Crippen LogP contribution in [0.1, 0.15) is 19.3 Å². The summed E-state index contributed by atoms with van der Waals surface area (Å²) in [6.07, 6.45) is 15.3. The Hall–Kier alpha value is -1.58. The van der Waals surface area contributed by atoms with Crippen molar-refractivity contribution in [3.63, 3.8) is 0 Å². The minimum Gasteiger partial charge on any atom is -0.341 e. The zero-order valence-corrected chi connectivity index (χ0v) is 9.37. The van der Waals surface area contributed by atoms with E-state index in [4.69, 9.17) is 0 Å². The Labute approximate surface area is 90.6 Å². The van der Waals surface area contributed by atoms with Gasteiger partial charge in [0.1, 0.15) is 0 Å². The number of imidazole rings is 2. The van der Waals surface area contributed by atoms with E-state index in [1.807, 2.05) is 35.6 Å². The topological polar surface area (TPSA) is 35.6 Å². The fourth-order valence-corrected chi connectivity index (χ4v) is 0.652. The smallest absolute Gasteiger partial charge is 0.0943 e. The van der Waals surface area contributed by atoms with Gasteiger partial charge in [0, 0.05) is 38.9 Å². The van der Waals surface area contributed by atoms with Crippen LogP contribution in [0.5, 0.6) is 0 Å². The molecule has 0 amide bonds. The maximum absolute atomic E-state index is 3.78. The van der Waals surface area contributed by atoms with Crippen LogP contribution in [0.25, 0.3) is 0 Å². The summed E-state index contributed by atoms with van der Waals surface area (Å²) in [4.78, 5) is 7.57. The molecule has 2 aromatic heterocycles. The quantitative estimate of drug-likeness (QED) is 0.661. The van der Waals surface area contributed by atoms with Crippen LogP contribution in [0.4, 0.5) is 0 Å². The van der Waals surface area contributed by atoms with Gasteiger partial charge in [-0.15, -0.1) is 0 Å². The van der Waals surface area contributed by atoms with E-state index in [0.29, 0.717) is 0 Å². The van der Waals surface area contributed by atoms with Crippen molar-refractivity contribution in [1.29, 1.82) is 0 Å². The predicted octanol–water partition coefficient (Wildman–Crippen LogP) is 2.01. The highest BCUT2D eigenvalue weighted by molar-refractivity contribution is 4.70. The van der Waals surface area contributed by atoms with E-state index >= 15 is 0 Å². The largest absolute Gasteiger partial charge is 0.341 e. The highest BCUT2D eigenvalue weighted by Crippen LogP contribution is 2.14. The van der Waals surface area contributed by atoms with Crippen molar-refractivity contribution in [2.24, 2.45) is 14.1 Å². The molecule has 82 valence electrons. The lowest BCUT2D eigenvalue weighted by Crippen LogP contribution is -1.76. The molecule has 0 atom stereocenters. The second-order valence-corrected chi connectivity index (χ2v) is 3.52. The molecule has 0 radical (unpaired) electrons. The molecule has 0 bridgehead atoms. The molecule has 1 fully saturated rings. The minimum absolute atomic E-state index is 1.50. The number of rotatable bonds is 0. The normalized spacial score (nSPS) is 11.9. The summed E-state index contributed by atoms with van der Waals surface area (Å²) < 4.78 is 3.78. The number of aromatic nitrogens is 4. The van der Waals surface area contributed by atoms with Crippen LogP contribution < -0.4 is 0 Å². The van der Waals surface area contributed by atoms with E-state index in [0.717, 1.165) is 0 Å². The van der Waals surface area contributed by atoms with Crippen LogP contribution in [0, 0.1) is 0 Å². The minimum atomic E-state index is 1.50. The van der Waals surface area contributed by atoms with E-state index in [9.17, 15) is 0 Å². The predicted molar refractivity (Wildman–Crippen MR) is 60.3 cm³/mol. The highest BCUT2D eigenvalue weighted by Gasteiger charge is 1.95. The van der Waals surface area contributed by atoms with Crippen molar-refractivity contribution in [3.05, 3.63) is 37.4 Å². The lowest BCUT2D eigenvalue weighted by atomic mass is 10.9. The zero-order chi connectivity index (χ0) is 10.9. The molecule has 0 spiro atoms. The summed E-state index contributed by atoms with van der Waals surface area (Å²) in [5, 5.41) is 0. The Morgan fingerprint density at radius 2 is 1.20 bits per heavy atom. The Morgan fingerprint density at radius 3 is 1.27 bits per heavy atom. The number of hydrogen-bond acceptors (Lipinski definition) is 2. The summed E-state index contributed by atoms with van der Waals surface area (Å²) in [5.41, 5.74) is 0. The highest BCUT2D eigenvalue weighted by atomic mass is 15.0. The molecule has 2 aromatic rings. The fraction of sp³-hybridized carbons (Fsp3) is 0.455. The van der Waals surface area contributed by atoms with Gasteiger partial charge in [-0.1, -0.05) is 19.3 Å². The second-order valence-electron chi connectivity index (χ2n) is 3.52. The van der Waals surface area contributed by atoms with Gasteiger partial charge in [-0.05, 0) is 0 Å². The maximum Gasteiger partial charge on any atom is 0.0943 e. The fourth-order valence-electron chi connectivity index (χ4n) is 0.652. The molecule has 1 aliphatic rings. The third-order valence-electron chi connectivity index (χ3n) is 1.63. The first-order valence-corrected chi connectivity index (χ1v) is 5.13. The lowest BCUT2D eigenvalue weighted by molar-refractivity contribution is 0.913. The van der Waals surface area contributed by atoms with Crippen molar-refractivity contribution < 1.29 is 0 Å². The molecular formula is C11H18N4. The van der Waals surface area contributed by atoms with E-state index in [1.165, 1.54) is 19.3 Å². The van der Waals surface area contributed by atoms with Crippen LogP contribution in [-0.2, 0) is 14.1 Å². The zero-order valence-electron chi connectivity index (χ0n) is 9.37. The molecule has 0 aromatic carbocycles. The molecule has 4 nitrogen and oxygen atoms in total. The van der Waals surface area contributed by atoms with Crippen molar-refractivity contribution in [2.75, 3.05) is 0 Å². The second kappa shape index (κ2) is 6.81. The van der Waals surface area contributed by atoms with Gasteiger partial charge >= 0.3 is 0 Å². The number of nitrogens with zero attached hydrogens (tertiary/aromatic N) is 4. The summed E-state index contributed by atoms with van der Waals surface area (Å²) >= 11 is 0. The van der Waals surface area contributed by atoms with Crippen molar-refractivity contribution in [2.45, 2.75) is 19.3 Å². The SMILES string of the molecule is C1CC1.Cn1ccnc1.Cn1ccnc1. The van der Waals surface area contributed by atoms with Crippen LogP contribution in [0.3, 0.4) is 0 Å². The van der Waals surface area contributed by atoms with E-state index in [1.54, 1.807) is 25.0 Å². The maximum atomic E-state index is 3.78. The van der Waals surface area contributed by atoms with E-state index in [-0.39, 0.29) is 0 Å². The Morgan fingerprint density at radius 1 is 0.800 bits per heavy atom. The molecule has 4 heteroatoms. The molecule has 0 saturated heterocycles. The average Bonchev–Trinajstić information content (AvgIpc) is 2.92. The third kappa shape index (κ3) is 7.49. The van der Waals surface area contributed by atoms with E-state index in [2.05, 4.69) is 9.97 Å². The molecule has 15 heavy (non-hydrogen) atoms. The molecule has 0 N–H and O–H groups in total. The van der Waals surface area contributed by atoms with Crippen molar-refractivity contribution >= 4 is 0 Å². The molecule has 1 aliphatic carbocycles. The van der Waals surface area contributed by atoms with Gasteiger partial charge in [-0.2, -0.15) is 0 Å². The standard InChI is InChI=1S/2C4H6N2.C3H6/c2*1-6-3-2-5-4-6;1-2-3-1/h2*2-4H,1H3;1-3H2. The summed E-state index contributed by atoms with van der Waals surface area (Å²) in [7, 11) is 3.88. The average molecular weight is 206 g/mol. The Balaban J connectivity index is 0.000000119. The number of hydrogen-bond donors (Lipinski definition) is 0. The first kappa shape index (κ1) is 11.5. The molecule has 1 saturated carbocycles. The lowest BCUT2D eigenvalue weighted by Gasteiger charge is -1.76. The molecular weight excluding hydrogens is 188 g/mol. The first-order valence-electron chi connectivity index (χ1n) is 5.13. The van der Waals surface area contributed by atoms with Crippen molar-refractivity contribution in [1.82, 2.24) is 19.1 Å². The Kier molecular flexibility index (Phi) is 5.22.